The SMILES string of the molecule is Cc1oc(Cn2c(=O)oc3cccnc32)cc1C(=O)NN. The molecular weight excluding hydrogens is 276 g/mol. The van der Waals surface area contributed by atoms with Crippen molar-refractivity contribution in [3.63, 3.8) is 0 Å². The van der Waals surface area contributed by atoms with Crippen LogP contribution in [-0.2, 0) is 6.54 Å². The molecule has 0 aliphatic heterocycles. The smallest absolute Gasteiger partial charge is 0.421 e. The Hall–Kier alpha value is -2.87. The van der Waals surface area contributed by atoms with E-state index in [1.54, 1.807) is 25.3 Å². The summed E-state index contributed by atoms with van der Waals surface area (Å²) in [7, 11) is 0. The standard InChI is InChI=1S/C13H12N4O4/c1-7-9(12(18)16-14)5-8(20-7)6-17-11-10(21-13(17)19)3-2-4-15-11/h2-5H,6,14H2,1H3,(H,16,18). The van der Waals surface area contributed by atoms with E-state index < -0.39 is 11.7 Å². The van der Waals surface area contributed by atoms with Crippen molar-refractivity contribution < 1.29 is 13.6 Å². The van der Waals surface area contributed by atoms with Gasteiger partial charge in [0.05, 0.1) is 12.1 Å². The number of pyridine rings is 1. The largest absolute Gasteiger partial charge is 0.464 e. The Balaban J connectivity index is 2.01. The van der Waals surface area contributed by atoms with Crippen LogP contribution in [0.25, 0.3) is 11.2 Å². The van der Waals surface area contributed by atoms with Crippen molar-refractivity contribution in [3.8, 4) is 0 Å². The normalized spacial score (nSPS) is 11.0. The van der Waals surface area contributed by atoms with Crippen LogP contribution >= 0.6 is 0 Å². The minimum Gasteiger partial charge on any atom is -0.464 e. The van der Waals surface area contributed by atoms with Crippen molar-refractivity contribution in [3.05, 3.63) is 52.0 Å². The van der Waals surface area contributed by atoms with Gasteiger partial charge in [-0.2, -0.15) is 0 Å². The van der Waals surface area contributed by atoms with Gasteiger partial charge in [-0.05, 0) is 25.1 Å². The maximum atomic E-state index is 11.8. The van der Waals surface area contributed by atoms with E-state index in [4.69, 9.17) is 14.7 Å². The minimum atomic E-state index is -0.539. The van der Waals surface area contributed by atoms with E-state index in [1.165, 1.54) is 10.6 Å². The Morgan fingerprint density at radius 1 is 1.48 bits per heavy atom. The monoisotopic (exact) mass is 288 g/mol. The van der Waals surface area contributed by atoms with Crippen molar-refractivity contribution in [1.82, 2.24) is 15.0 Å². The van der Waals surface area contributed by atoms with Gasteiger partial charge in [-0.1, -0.05) is 0 Å². The maximum Gasteiger partial charge on any atom is 0.421 e. The number of fused-ring (bicyclic) bond motifs is 1. The molecule has 0 radical (unpaired) electrons. The first kappa shape index (κ1) is 13.1. The molecule has 21 heavy (non-hydrogen) atoms. The first-order valence-corrected chi connectivity index (χ1v) is 6.14. The van der Waals surface area contributed by atoms with Crippen molar-refractivity contribution >= 4 is 17.1 Å². The predicted molar refractivity (Wildman–Crippen MR) is 72.5 cm³/mol. The molecule has 0 saturated heterocycles. The molecule has 3 rings (SSSR count). The number of carbonyl (C=O) groups excluding carboxylic acids is 1. The number of nitrogens with zero attached hydrogens (tertiary/aromatic N) is 2. The molecule has 0 aliphatic carbocycles. The molecule has 3 aromatic heterocycles. The Kier molecular flexibility index (Phi) is 3.07. The average molecular weight is 288 g/mol. The zero-order valence-electron chi connectivity index (χ0n) is 11.1. The predicted octanol–water partition coefficient (Wildman–Crippen LogP) is 0.543. The first-order valence-electron chi connectivity index (χ1n) is 6.14. The second-order valence-corrected chi connectivity index (χ2v) is 4.44. The number of hydrazine groups is 1. The van der Waals surface area contributed by atoms with Crippen molar-refractivity contribution in [2.45, 2.75) is 13.5 Å². The Morgan fingerprint density at radius 3 is 3.05 bits per heavy atom. The molecule has 8 heteroatoms. The molecule has 0 unspecified atom stereocenters. The number of aromatic nitrogens is 2. The van der Waals surface area contributed by atoms with Crippen LogP contribution in [0.2, 0.25) is 0 Å². The van der Waals surface area contributed by atoms with Crippen molar-refractivity contribution in [1.29, 1.82) is 0 Å². The summed E-state index contributed by atoms with van der Waals surface area (Å²) in [6.45, 7) is 1.75. The highest BCUT2D eigenvalue weighted by Crippen LogP contribution is 2.17. The van der Waals surface area contributed by atoms with E-state index in [9.17, 15) is 9.59 Å². The lowest BCUT2D eigenvalue weighted by Gasteiger charge is -1.97. The fourth-order valence-corrected chi connectivity index (χ4v) is 2.12. The molecule has 3 aromatic rings. The third-order valence-corrected chi connectivity index (χ3v) is 3.08. The van der Waals surface area contributed by atoms with Gasteiger partial charge in [0.1, 0.15) is 11.5 Å². The number of nitrogens with two attached hydrogens (primary N) is 1. The van der Waals surface area contributed by atoms with Gasteiger partial charge in [-0.25, -0.2) is 15.6 Å². The molecule has 0 bridgehead atoms. The van der Waals surface area contributed by atoms with Crippen molar-refractivity contribution in [2.75, 3.05) is 0 Å². The van der Waals surface area contributed by atoms with E-state index in [-0.39, 0.29) is 6.54 Å². The van der Waals surface area contributed by atoms with E-state index >= 15 is 0 Å². The maximum absolute atomic E-state index is 11.8. The summed E-state index contributed by atoms with van der Waals surface area (Å²) in [5, 5.41) is 0. The lowest BCUT2D eigenvalue weighted by molar-refractivity contribution is 0.0952. The molecule has 0 atom stereocenters. The molecule has 3 N–H and O–H groups in total. The number of amides is 1. The third kappa shape index (κ3) is 2.21. The van der Waals surface area contributed by atoms with Gasteiger partial charge in [0.15, 0.2) is 11.2 Å². The molecule has 0 saturated carbocycles. The molecule has 1 amide bonds. The highest BCUT2D eigenvalue weighted by atomic mass is 16.4. The molecule has 8 nitrogen and oxygen atoms in total. The molecule has 108 valence electrons. The van der Waals surface area contributed by atoms with E-state index in [0.29, 0.717) is 28.3 Å². The van der Waals surface area contributed by atoms with Crippen molar-refractivity contribution in [2.24, 2.45) is 5.84 Å². The van der Waals surface area contributed by atoms with Crippen LogP contribution < -0.4 is 17.0 Å². The van der Waals surface area contributed by atoms with Gasteiger partial charge >= 0.3 is 5.76 Å². The number of hydrogen-bond donors (Lipinski definition) is 2. The van der Waals surface area contributed by atoms with Gasteiger partial charge in [0.25, 0.3) is 5.91 Å². The van der Waals surface area contributed by atoms with Crippen LogP contribution in [0.5, 0.6) is 0 Å². The lowest BCUT2D eigenvalue weighted by Crippen LogP contribution is -2.30. The fraction of sp³-hybridized carbons (Fsp3) is 0.154. The van der Waals surface area contributed by atoms with Crippen LogP contribution in [0.15, 0.2) is 38.0 Å². The van der Waals surface area contributed by atoms with E-state index in [1.807, 2.05) is 5.43 Å². The molecule has 0 fully saturated rings. The summed E-state index contributed by atoms with van der Waals surface area (Å²) in [5.41, 5.74) is 3.17. The highest BCUT2D eigenvalue weighted by molar-refractivity contribution is 5.94. The number of carbonyl (C=O) groups is 1. The summed E-state index contributed by atoms with van der Waals surface area (Å²) in [6, 6.07) is 4.86. The Morgan fingerprint density at radius 2 is 2.29 bits per heavy atom. The van der Waals surface area contributed by atoms with Gasteiger partial charge in [-0.3, -0.25) is 14.8 Å². The Bertz CT molecular complexity index is 874. The summed E-state index contributed by atoms with van der Waals surface area (Å²) < 4.78 is 11.9. The van der Waals surface area contributed by atoms with Gasteiger partial charge < -0.3 is 8.83 Å². The molecule has 0 spiro atoms. The summed E-state index contributed by atoms with van der Waals surface area (Å²) in [5.74, 6) is 4.95. The van der Waals surface area contributed by atoms with E-state index in [2.05, 4.69) is 4.98 Å². The van der Waals surface area contributed by atoms with Crippen LogP contribution in [-0.4, -0.2) is 15.5 Å². The van der Waals surface area contributed by atoms with Crippen LogP contribution in [0.1, 0.15) is 21.9 Å². The summed E-state index contributed by atoms with van der Waals surface area (Å²) in [6.07, 6.45) is 1.56. The van der Waals surface area contributed by atoms with Crippen LogP contribution in [0.4, 0.5) is 0 Å². The van der Waals surface area contributed by atoms with Gasteiger partial charge in [0, 0.05) is 6.20 Å². The zero-order valence-corrected chi connectivity index (χ0v) is 11.1. The second kappa shape index (κ2) is 4.91. The second-order valence-electron chi connectivity index (χ2n) is 4.44. The molecular formula is C13H12N4O4. The Labute approximate surface area is 118 Å². The molecule has 0 aliphatic rings. The van der Waals surface area contributed by atoms with Crippen LogP contribution in [0.3, 0.4) is 0 Å². The highest BCUT2D eigenvalue weighted by Gasteiger charge is 2.17. The summed E-state index contributed by atoms with van der Waals surface area (Å²) >= 11 is 0. The molecule has 3 heterocycles. The fourth-order valence-electron chi connectivity index (χ4n) is 2.12. The number of nitrogens with one attached hydrogen (secondary N) is 1. The molecule has 0 aromatic carbocycles. The quantitative estimate of drug-likeness (QED) is 0.413. The number of nitrogen functional groups attached to an aromatic ring is 1. The van der Waals surface area contributed by atoms with Gasteiger partial charge in [-0.15, -0.1) is 0 Å². The number of aryl methyl sites for hydroxylation is 1. The summed E-state index contributed by atoms with van der Waals surface area (Å²) in [4.78, 5) is 27.5. The average Bonchev–Trinajstić information content (AvgIpc) is 2.99. The number of oxazole rings is 1. The van der Waals surface area contributed by atoms with Crippen LogP contribution in [0, 0.1) is 6.92 Å². The minimum absolute atomic E-state index is 0.113. The number of hydrogen-bond acceptors (Lipinski definition) is 6. The lowest BCUT2D eigenvalue weighted by atomic mass is 10.2. The van der Waals surface area contributed by atoms with E-state index in [0.717, 1.165) is 0 Å². The third-order valence-electron chi connectivity index (χ3n) is 3.08. The number of rotatable bonds is 3. The topological polar surface area (TPSA) is 116 Å². The number of furan rings is 1. The zero-order chi connectivity index (χ0) is 15.0. The first-order chi connectivity index (χ1) is 10.1. The van der Waals surface area contributed by atoms with Gasteiger partial charge in [0.2, 0.25) is 0 Å².